The van der Waals surface area contributed by atoms with E-state index in [1.165, 1.54) is 18.4 Å². The van der Waals surface area contributed by atoms with Gasteiger partial charge in [-0.05, 0) is 49.7 Å². The first-order chi connectivity index (χ1) is 14.1. The molecule has 0 saturated carbocycles. The SMILES string of the molecule is CCn1c(CCC(=O)N(C)c2cccc(C)c2)nc2cc(S(=O)(=O)N(C)C)ccc21. The number of imidazole rings is 1. The second kappa shape index (κ2) is 8.57. The Morgan fingerprint density at radius 3 is 2.47 bits per heavy atom. The zero-order chi connectivity index (χ0) is 22.1. The lowest BCUT2D eigenvalue weighted by Crippen LogP contribution is -2.26. The smallest absolute Gasteiger partial charge is 0.242 e. The fourth-order valence-electron chi connectivity index (χ4n) is 3.44. The van der Waals surface area contributed by atoms with Gasteiger partial charge in [-0.3, -0.25) is 4.79 Å². The van der Waals surface area contributed by atoms with Gasteiger partial charge in [-0.15, -0.1) is 0 Å². The lowest BCUT2D eigenvalue weighted by molar-refractivity contribution is -0.118. The van der Waals surface area contributed by atoms with Crippen LogP contribution in [0.25, 0.3) is 11.0 Å². The van der Waals surface area contributed by atoms with Crippen LogP contribution in [0.2, 0.25) is 0 Å². The molecule has 0 bridgehead atoms. The van der Waals surface area contributed by atoms with Gasteiger partial charge in [0.2, 0.25) is 15.9 Å². The predicted molar refractivity (Wildman–Crippen MR) is 119 cm³/mol. The predicted octanol–water partition coefficient (Wildman–Crippen LogP) is 3.21. The molecule has 0 aliphatic heterocycles. The van der Waals surface area contributed by atoms with Crippen LogP contribution in [0, 0.1) is 6.92 Å². The van der Waals surface area contributed by atoms with E-state index in [0.717, 1.165) is 22.6 Å². The summed E-state index contributed by atoms with van der Waals surface area (Å²) in [4.78, 5) is 19.2. The number of aryl methyl sites for hydroxylation is 3. The third-order valence-corrected chi connectivity index (χ3v) is 7.03. The van der Waals surface area contributed by atoms with Crippen molar-refractivity contribution in [1.82, 2.24) is 13.9 Å². The van der Waals surface area contributed by atoms with Crippen molar-refractivity contribution in [2.45, 2.75) is 38.1 Å². The van der Waals surface area contributed by atoms with Crippen LogP contribution in [0.3, 0.4) is 0 Å². The molecule has 0 radical (unpaired) electrons. The first-order valence-corrected chi connectivity index (χ1v) is 11.3. The van der Waals surface area contributed by atoms with Crippen LogP contribution in [0.1, 0.15) is 24.7 Å². The molecule has 0 spiro atoms. The second-order valence-electron chi connectivity index (χ2n) is 7.50. The summed E-state index contributed by atoms with van der Waals surface area (Å²) in [6.07, 6.45) is 0.796. The molecule has 3 aromatic rings. The van der Waals surface area contributed by atoms with Crippen molar-refractivity contribution in [2.75, 3.05) is 26.0 Å². The van der Waals surface area contributed by atoms with Gasteiger partial charge < -0.3 is 9.47 Å². The number of hydrogen-bond acceptors (Lipinski definition) is 4. The summed E-state index contributed by atoms with van der Waals surface area (Å²) in [5.41, 5.74) is 3.45. The number of fused-ring (bicyclic) bond motifs is 1. The summed E-state index contributed by atoms with van der Waals surface area (Å²) in [5, 5.41) is 0. The molecular formula is C22H28N4O3S. The van der Waals surface area contributed by atoms with E-state index in [1.54, 1.807) is 30.1 Å². The van der Waals surface area contributed by atoms with Gasteiger partial charge >= 0.3 is 0 Å². The van der Waals surface area contributed by atoms with E-state index in [4.69, 9.17) is 0 Å². The number of benzene rings is 2. The quantitative estimate of drug-likeness (QED) is 0.579. The highest BCUT2D eigenvalue weighted by Crippen LogP contribution is 2.23. The molecule has 8 heteroatoms. The summed E-state index contributed by atoms with van der Waals surface area (Å²) in [6.45, 7) is 4.69. The topological polar surface area (TPSA) is 75.5 Å². The Labute approximate surface area is 178 Å². The minimum Gasteiger partial charge on any atom is -0.328 e. The number of carbonyl (C=O) groups excluding carboxylic acids is 1. The summed E-state index contributed by atoms with van der Waals surface area (Å²) in [6, 6.07) is 12.8. The molecule has 2 aromatic carbocycles. The zero-order valence-electron chi connectivity index (χ0n) is 18.1. The van der Waals surface area contributed by atoms with Gasteiger partial charge in [-0.25, -0.2) is 17.7 Å². The lowest BCUT2D eigenvalue weighted by Gasteiger charge is -2.18. The Bertz CT molecular complexity index is 1180. The van der Waals surface area contributed by atoms with Crippen molar-refractivity contribution in [1.29, 1.82) is 0 Å². The molecule has 160 valence electrons. The minimum absolute atomic E-state index is 0.00573. The molecule has 0 saturated heterocycles. The Morgan fingerprint density at radius 2 is 1.83 bits per heavy atom. The lowest BCUT2D eigenvalue weighted by atomic mass is 10.2. The molecular weight excluding hydrogens is 400 g/mol. The van der Waals surface area contributed by atoms with Crippen LogP contribution in [0.15, 0.2) is 47.4 Å². The van der Waals surface area contributed by atoms with Crippen molar-refractivity contribution < 1.29 is 13.2 Å². The number of aromatic nitrogens is 2. The summed E-state index contributed by atoms with van der Waals surface area (Å²) < 4.78 is 28.1. The maximum Gasteiger partial charge on any atom is 0.242 e. The highest BCUT2D eigenvalue weighted by atomic mass is 32.2. The van der Waals surface area contributed by atoms with Crippen molar-refractivity contribution in [3.8, 4) is 0 Å². The molecule has 1 heterocycles. The zero-order valence-corrected chi connectivity index (χ0v) is 18.9. The van der Waals surface area contributed by atoms with Gasteiger partial charge in [0.1, 0.15) is 5.82 Å². The van der Waals surface area contributed by atoms with E-state index >= 15 is 0 Å². The molecule has 0 aliphatic rings. The van der Waals surface area contributed by atoms with Crippen LogP contribution in [0.5, 0.6) is 0 Å². The van der Waals surface area contributed by atoms with E-state index in [9.17, 15) is 13.2 Å². The van der Waals surface area contributed by atoms with Gasteiger partial charge in [0.25, 0.3) is 0 Å². The number of anilines is 1. The molecule has 1 amide bonds. The van der Waals surface area contributed by atoms with Crippen molar-refractivity contribution in [2.24, 2.45) is 0 Å². The van der Waals surface area contributed by atoms with E-state index in [1.807, 2.05) is 42.7 Å². The average Bonchev–Trinajstić information content (AvgIpc) is 3.07. The molecule has 0 fully saturated rings. The summed E-state index contributed by atoms with van der Waals surface area (Å²) in [5.74, 6) is 0.782. The Kier molecular flexibility index (Phi) is 6.28. The van der Waals surface area contributed by atoms with Gasteiger partial charge in [0, 0.05) is 46.2 Å². The fraction of sp³-hybridized carbons (Fsp3) is 0.364. The Hall–Kier alpha value is -2.71. The van der Waals surface area contributed by atoms with E-state index in [0.29, 0.717) is 24.9 Å². The standard InChI is InChI=1S/C22H28N4O3S/c1-6-26-20-11-10-18(30(28,29)24(3)4)15-19(20)23-21(26)12-13-22(27)25(5)17-9-7-8-16(2)14-17/h7-11,14-15H,6,12-13H2,1-5H3. The van der Waals surface area contributed by atoms with E-state index < -0.39 is 10.0 Å². The van der Waals surface area contributed by atoms with Crippen LogP contribution in [0.4, 0.5) is 5.69 Å². The van der Waals surface area contributed by atoms with E-state index in [2.05, 4.69) is 4.98 Å². The summed E-state index contributed by atoms with van der Waals surface area (Å²) in [7, 11) is 1.26. The first-order valence-electron chi connectivity index (χ1n) is 9.90. The molecule has 0 aliphatic carbocycles. The van der Waals surface area contributed by atoms with Crippen molar-refractivity contribution in [3.05, 3.63) is 53.9 Å². The third-order valence-electron chi connectivity index (χ3n) is 5.22. The number of nitrogens with zero attached hydrogens (tertiary/aromatic N) is 4. The molecule has 0 unspecified atom stereocenters. The highest BCUT2D eigenvalue weighted by molar-refractivity contribution is 7.89. The monoisotopic (exact) mass is 428 g/mol. The van der Waals surface area contributed by atoms with Crippen molar-refractivity contribution >= 4 is 32.7 Å². The van der Waals surface area contributed by atoms with E-state index in [-0.39, 0.29) is 10.8 Å². The van der Waals surface area contributed by atoms with Gasteiger partial charge in [0.15, 0.2) is 0 Å². The first kappa shape index (κ1) is 22.0. The summed E-state index contributed by atoms with van der Waals surface area (Å²) >= 11 is 0. The van der Waals surface area contributed by atoms with Gasteiger partial charge in [-0.2, -0.15) is 0 Å². The van der Waals surface area contributed by atoms with Crippen LogP contribution in [-0.4, -0.2) is 49.3 Å². The molecule has 30 heavy (non-hydrogen) atoms. The maximum absolute atomic E-state index is 12.7. The number of carbonyl (C=O) groups is 1. The molecule has 0 N–H and O–H groups in total. The number of hydrogen-bond donors (Lipinski definition) is 0. The molecule has 0 atom stereocenters. The van der Waals surface area contributed by atoms with Crippen molar-refractivity contribution in [3.63, 3.8) is 0 Å². The van der Waals surface area contributed by atoms with Crippen LogP contribution >= 0.6 is 0 Å². The average molecular weight is 429 g/mol. The number of sulfonamides is 1. The molecule has 7 nitrogen and oxygen atoms in total. The van der Waals surface area contributed by atoms with Crippen LogP contribution < -0.4 is 4.90 Å². The Morgan fingerprint density at radius 1 is 1.10 bits per heavy atom. The van der Waals surface area contributed by atoms with Gasteiger partial charge in [0.05, 0.1) is 15.9 Å². The number of amides is 1. The fourth-order valence-corrected chi connectivity index (χ4v) is 4.36. The maximum atomic E-state index is 12.7. The van der Waals surface area contributed by atoms with Gasteiger partial charge in [-0.1, -0.05) is 12.1 Å². The largest absolute Gasteiger partial charge is 0.328 e. The van der Waals surface area contributed by atoms with Crippen LogP contribution in [-0.2, 0) is 27.8 Å². The molecule has 3 rings (SSSR count). The normalized spacial score (nSPS) is 11.9. The third kappa shape index (κ3) is 4.24. The second-order valence-corrected chi connectivity index (χ2v) is 9.65. The highest BCUT2D eigenvalue weighted by Gasteiger charge is 2.20. The molecule has 1 aromatic heterocycles. The number of rotatable bonds is 7. The minimum atomic E-state index is -3.53. The Balaban J connectivity index is 1.84.